The van der Waals surface area contributed by atoms with Crippen LogP contribution >= 0.6 is 0 Å². The van der Waals surface area contributed by atoms with Crippen LogP contribution in [0.5, 0.6) is 0 Å². The molecule has 1 atom stereocenters. The van der Waals surface area contributed by atoms with Gasteiger partial charge in [-0.1, -0.05) is 0 Å². The number of carbonyl (C=O) groups excluding carboxylic acids is 1. The summed E-state index contributed by atoms with van der Waals surface area (Å²) in [6.45, 7) is 4.27. The zero-order valence-electron chi connectivity index (χ0n) is 7.96. The number of nitrogens with zero attached hydrogens (tertiary/aromatic N) is 1. The molecule has 1 unspecified atom stereocenters. The molecule has 1 saturated heterocycles. The molecule has 1 rings (SSSR count). The van der Waals surface area contributed by atoms with Crippen LogP contribution in [0.3, 0.4) is 0 Å². The number of rotatable bonds is 1. The molecular weight excluding hydrogens is 158 g/mol. The Bertz CT molecular complexity index is 191. The fourth-order valence-corrected chi connectivity index (χ4v) is 1.23. The first-order chi connectivity index (χ1) is 5.49. The Labute approximate surface area is 72.4 Å². The van der Waals surface area contributed by atoms with Gasteiger partial charge in [0.05, 0.1) is 13.7 Å². The molecule has 70 valence electrons. The van der Waals surface area contributed by atoms with Crippen molar-refractivity contribution in [3.63, 3.8) is 0 Å². The van der Waals surface area contributed by atoms with E-state index in [0.29, 0.717) is 6.61 Å². The number of hydrogen-bond acceptors (Lipinski definition) is 4. The minimum atomic E-state index is -0.362. The molecule has 0 bridgehead atoms. The van der Waals surface area contributed by atoms with Crippen LogP contribution in [0.4, 0.5) is 0 Å². The van der Waals surface area contributed by atoms with Gasteiger partial charge < -0.3 is 9.47 Å². The monoisotopic (exact) mass is 173 g/mol. The molecule has 12 heavy (non-hydrogen) atoms. The molecular formula is C8H15NO3. The summed E-state index contributed by atoms with van der Waals surface area (Å²) in [4.78, 5) is 13.0. The molecule has 0 N–H and O–H groups in total. The molecule has 0 aromatic heterocycles. The van der Waals surface area contributed by atoms with Crippen LogP contribution in [-0.4, -0.2) is 43.4 Å². The van der Waals surface area contributed by atoms with Gasteiger partial charge in [0.2, 0.25) is 0 Å². The third kappa shape index (κ3) is 1.44. The first-order valence-corrected chi connectivity index (χ1v) is 3.94. The molecule has 1 aliphatic rings. The van der Waals surface area contributed by atoms with Crippen LogP contribution in [0.1, 0.15) is 13.8 Å². The number of esters is 1. The fourth-order valence-electron chi connectivity index (χ4n) is 1.23. The molecule has 0 amide bonds. The van der Waals surface area contributed by atoms with Crippen LogP contribution in [0.15, 0.2) is 0 Å². The SMILES string of the molecule is COC(=O)C1COC(C)(C)N1C. The van der Waals surface area contributed by atoms with Crippen LogP contribution in [0, 0.1) is 0 Å². The van der Waals surface area contributed by atoms with Gasteiger partial charge in [-0.15, -0.1) is 0 Å². The van der Waals surface area contributed by atoms with Gasteiger partial charge in [0.1, 0.15) is 11.8 Å². The van der Waals surface area contributed by atoms with Gasteiger partial charge in [0.15, 0.2) is 0 Å². The Morgan fingerprint density at radius 1 is 1.67 bits per heavy atom. The highest BCUT2D eigenvalue weighted by Crippen LogP contribution is 2.25. The van der Waals surface area contributed by atoms with E-state index in [1.165, 1.54) is 7.11 Å². The number of methoxy groups -OCH3 is 1. The molecule has 1 heterocycles. The van der Waals surface area contributed by atoms with E-state index in [1.807, 2.05) is 25.8 Å². The van der Waals surface area contributed by atoms with Crippen LogP contribution < -0.4 is 0 Å². The van der Waals surface area contributed by atoms with E-state index in [2.05, 4.69) is 4.74 Å². The average molecular weight is 173 g/mol. The van der Waals surface area contributed by atoms with Crippen molar-refractivity contribution in [2.45, 2.75) is 25.6 Å². The van der Waals surface area contributed by atoms with Crippen LogP contribution in [-0.2, 0) is 14.3 Å². The van der Waals surface area contributed by atoms with Crippen LogP contribution in [0.2, 0.25) is 0 Å². The maximum absolute atomic E-state index is 11.2. The van der Waals surface area contributed by atoms with Gasteiger partial charge in [0.25, 0.3) is 0 Å². The molecule has 4 heteroatoms. The first-order valence-electron chi connectivity index (χ1n) is 3.94. The minimum Gasteiger partial charge on any atom is -0.468 e. The van der Waals surface area contributed by atoms with Gasteiger partial charge in [-0.05, 0) is 20.9 Å². The summed E-state index contributed by atoms with van der Waals surface area (Å²) >= 11 is 0. The maximum atomic E-state index is 11.2. The Kier molecular flexibility index (Phi) is 2.39. The highest BCUT2D eigenvalue weighted by molar-refractivity contribution is 5.76. The van der Waals surface area contributed by atoms with E-state index in [-0.39, 0.29) is 17.7 Å². The molecule has 4 nitrogen and oxygen atoms in total. The summed E-state index contributed by atoms with van der Waals surface area (Å²) in [6, 6.07) is -0.259. The smallest absolute Gasteiger partial charge is 0.325 e. The van der Waals surface area contributed by atoms with Crippen molar-refractivity contribution < 1.29 is 14.3 Å². The Morgan fingerprint density at radius 2 is 2.25 bits per heavy atom. The second-order valence-corrected chi connectivity index (χ2v) is 3.41. The van der Waals surface area contributed by atoms with Crippen molar-refractivity contribution in [3.05, 3.63) is 0 Å². The summed E-state index contributed by atoms with van der Waals surface area (Å²) in [5.74, 6) is -0.233. The highest BCUT2D eigenvalue weighted by atomic mass is 16.6. The summed E-state index contributed by atoms with van der Waals surface area (Å²) in [5, 5.41) is 0. The topological polar surface area (TPSA) is 38.8 Å². The van der Waals surface area contributed by atoms with Crippen molar-refractivity contribution in [2.75, 3.05) is 20.8 Å². The van der Waals surface area contributed by atoms with E-state index in [9.17, 15) is 4.79 Å². The Hall–Kier alpha value is -0.610. The molecule has 1 fully saturated rings. The summed E-state index contributed by atoms with van der Waals surface area (Å²) in [7, 11) is 3.25. The number of hydrogen-bond donors (Lipinski definition) is 0. The van der Waals surface area contributed by atoms with E-state index in [1.54, 1.807) is 0 Å². The largest absolute Gasteiger partial charge is 0.468 e. The van der Waals surface area contributed by atoms with Crippen LogP contribution in [0.25, 0.3) is 0 Å². The highest BCUT2D eigenvalue weighted by Gasteiger charge is 2.41. The molecule has 0 aliphatic carbocycles. The van der Waals surface area contributed by atoms with Crippen molar-refractivity contribution >= 4 is 5.97 Å². The fraction of sp³-hybridized carbons (Fsp3) is 0.875. The van der Waals surface area contributed by atoms with E-state index >= 15 is 0 Å². The predicted octanol–water partition coefficient (Wildman–Crippen LogP) is 0.226. The molecule has 0 spiro atoms. The zero-order valence-corrected chi connectivity index (χ0v) is 7.96. The van der Waals surface area contributed by atoms with E-state index < -0.39 is 0 Å². The average Bonchev–Trinajstić information content (AvgIpc) is 2.27. The van der Waals surface area contributed by atoms with E-state index in [0.717, 1.165) is 0 Å². The number of carbonyl (C=O) groups is 1. The van der Waals surface area contributed by atoms with Crippen molar-refractivity contribution in [2.24, 2.45) is 0 Å². The third-order valence-corrected chi connectivity index (χ3v) is 2.38. The molecule has 0 aromatic rings. The molecule has 0 aromatic carbocycles. The third-order valence-electron chi connectivity index (χ3n) is 2.38. The first kappa shape index (κ1) is 9.48. The second-order valence-electron chi connectivity index (χ2n) is 3.41. The minimum absolute atomic E-state index is 0.233. The Morgan fingerprint density at radius 3 is 2.58 bits per heavy atom. The normalized spacial score (nSPS) is 28.8. The van der Waals surface area contributed by atoms with Crippen molar-refractivity contribution in [3.8, 4) is 0 Å². The van der Waals surface area contributed by atoms with Gasteiger partial charge in [0, 0.05) is 0 Å². The summed E-state index contributed by atoms with van der Waals surface area (Å²) in [6.07, 6.45) is 0. The maximum Gasteiger partial charge on any atom is 0.325 e. The summed E-state index contributed by atoms with van der Waals surface area (Å²) < 4.78 is 10.1. The zero-order chi connectivity index (χ0) is 9.35. The van der Waals surface area contributed by atoms with Crippen molar-refractivity contribution in [1.82, 2.24) is 4.90 Å². The number of likely N-dealkylation sites (N-methyl/N-ethyl adjacent to an activating group) is 1. The lowest BCUT2D eigenvalue weighted by Crippen LogP contribution is -2.44. The second kappa shape index (κ2) is 3.03. The van der Waals surface area contributed by atoms with E-state index in [4.69, 9.17) is 4.74 Å². The molecule has 0 radical (unpaired) electrons. The quantitative estimate of drug-likeness (QED) is 0.532. The van der Waals surface area contributed by atoms with Gasteiger partial charge in [-0.2, -0.15) is 0 Å². The predicted molar refractivity (Wildman–Crippen MR) is 43.6 cm³/mol. The lowest BCUT2D eigenvalue weighted by Gasteiger charge is -2.28. The molecule has 1 aliphatic heterocycles. The standard InChI is InChI=1S/C8H15NO3/c1-8(2)9(3)6(5-12-8)7(10)11-4/h6H,5H2,1-4H3. The Balaban J connectivity index is 2.67. The van der Waals surface area contributed by atoms with Gasteiger partial charge >= 0.3 is 5.97 Å². The lowest BCUT2D eigenvalue weighted by atomic mass is 10.2. The summed E-state index contributed by atoms with van der Waals surface area (Å²) in [5.41, 5.74) is -0.362. The number of ether oxygens (including phenoxy) is 2. The van der Waals surface area contributed by atoms with Crippen molar-refractivity contribution in [1.29, 1.82) is 0 Å². The molecule has 0 saturated carbocycles. The van der Waals surface area contributed by atoms with Gasteiger partial charge in [-0.25, -0.2) is 0 Å². The van der Waals surface area contributed by atoms with Gasteiger partial charge in [-0.3, -0.25) is 9.69 Å². The lowest BCUT2D eigenvalue weighted by molar-refractivity contribution is -0.146.